The molecule has 0 bridgehead atoms. The van der Waals surface area contributed by atoms with E-state index in [-0.39, 0.29) is 1010 Å². The summed E-state index contributed by atoms with van der Waals surface area (Å²) in [5, 5.41) is 16.2. The van der Waals surface area contributed by atoms with Crippen LogP contribution in [0.2, 0.25) is 0 Å². The quantitative estimate of drug-likeness (QED) is 0.0951. The van der Waals surface area contributed by atoms with Gasteiger partial charge in [-0.2, -0.15) is 29.5 Å². The predicted octanol–water partition coefficient (Wildman–Crippen LogP) is 24.9. The van der Waals surface area contributed by atoms with E-state index in [2.05, 4.69) is 166 Å². The second kappa shape index (κ2) is 172. The standard InChI is InChI=1S/C13H10N2.3C10H9N.C9H8N2.C8H8N2.C8H7N.C4H7N3.8C2H6.31Y/c1-9-8-10-4-2-6-14-12(10)13-11(9)5-3-7-15-13;1-8-4-2-5-9-6-3-7-11-10(8)9;1-8-6-11-7-9-4-2-3-5-10(8)9;1-8-10-5-3-2-4-9(10)6-7-11-8;1-7-10-6-8-4-2-3-5-9(8)11-7;1-7-6-10-5-3-2-4-8(10)9-7;1-2-9-8-6-4-3-5-7-8;1-3-5-4(2)7-6-3;8*1-2;;;;;;;;;;;;;;;;;;;;;;;;;;;;;;;/h2-8H,1H3;3*2-7H,1H3;2-6H,1H3;2-6H,1H3;3-6H,1H3;1-2H3,(H,5,6,7);8*1-2H3;;;;;;;;;;;;;;;;;;;;;;;;;;;;;;;/q;;;;;;-2;;;;;;;;;;;;;;;;;;;;;;;;;;;;;;;;;;;;;;;;. The van der Waals surface area contributed by atoms with Crippen LogP contribution in [0.15, 0.2) is 243 Å². The molecule has 0 fully saturated rings. The summed E-state index contributed by atoms with van der Waals surface area (Å²) >= 11 is 0. The molecule has 627 valence electrons. The maximum absolute atomic E-state index is 4.41. The summed E-state index contributed by atoms with van der Waals surface area (Å²) in [6.07, 6.45) is 19.6. The van der Waals surface area contributed by atoms with Gasteiger partial charge in [0.2, 0.25) is 0 Å². The molecule has 15 aromatic rings. The third-order valence-corrected chi connectivity index (χ3v) is 13.0. The Balaban J connectivity index is -0.0000000274. The number of aromatic nitrogens is 12. The average molecular weight is 4110 g/mol. The van der Waals surface area contributed by atoms with Gasteiger partial charge < -0.3 is 9.39 Å². The molecule has 0 spiro atoms. The van der Waals surface area contributed by atoms with Crippen molar-refractivity contribution in [3.63, 3.8) is 0 Å². The van der Waals surface area contributed by atoms with Gasteiger partial charge >= 0.3 is 0 Å². The second-order valence-electron chi connectivity index (χ2n) is 19.5. The van der Waals surface area contributed by atoms with E-state index in [1.807, 2.05) is 315 Å². The van der Waals surface area contributed by atoms with Gasteiger partial charge in [-0.25, -0.2) is 31.7 Å². The minimum absolute atomic E-state index is 0. The molecule has 0 saturated heterocycles. The summed E-state index contributed by atoms with van der Waals surface area (Å²) in [7, 11) is 0. The van der Waals surface area contributed by atoms with Gasteiger partial charge in [0.1, 0.15) is 23.1 Å². The van der Waals surface area contributed by atoms with Crippen molar-refractivity contribution in [2.24, 2.45) is 4.99 Å². The number of nitrogens with one attached hydrogen (secondary N) is 1. The van der Waals surface area contributed by atoms with Crippen LogP contribution in [0.3, 0.4) is 0 Å². The second-order valence-corrected chi connectivity index (χ2v) is 19.5. The van der Waals surface area contributed by atoms with Crippen LogP contribution < -0.4 is 0 Å². The summed E-state index contributed by atoms with van der Waals surface area (Å²) in [5.41, 5.74) is 11.8. The van der Waals surface area contributed by atoms with E-state index in [0.717, 1.165) is 73.0 Å². The van der Waals surface area contributed by atoms with Gasteiger partial charge in [-0.1, -0.05) is 220 Å². The van der Waals surface area contributed by atoms with E-state index in [0.29, 0.717) is 0 Å². The van der Waals surface area contributed by atoms with Gasteiger partial charge in [-0.3, -0.25) is 36.1 Å². The number of rotatable bonds is 1. The topological polar surface area (TPSA) is 161 Å². The number of nitrogens with zero attached hydrogens (tertiary/aromatic N) is 12. The fourth-order valence-electron chi connectivity index (χ4n) is 8.90. The summed E-state index contributed by atoms with van der Waals surface area (Å²) in [5.74, 6) is 2.50. The van der Waals surface area contributed by atoms with Gasteiger partial charge in [0, 0.05) is 1110 Å². The molecule has 0 aliphatic rings. The number of benzene rings is 6. The van der Waals surface area contributed by atoms with Gasteiger partial charge in [0.15, 0.2) is 0 Å². The minimum atomic E-state index is 0. The molecule has 0 unspecified atom stereocenters. The van der Waals surface area contributed by atoms with Crippen LogP contribution in [0.5, 0.6) is 0 Å². The molecule has 6 aromatic carbocycles. The Bertz CT molecular complexity index is 4420. The van der Waals surface area contributed by atoms with E-state index in [1.165, 1.54) is 49.0 Å². The first kappa shape index (κ1) is 243. The van der Waals surface area contributed by atoms with Crippen molar-refractivity contribution in [3.8, 4) is 0 Å². The molecule has 0 saturated carbocycles. The molecular formula is C88H115N13Y31-2. The van der Waals surface area contributed by atoms with Crippen LogP contribution >= 0.6 is 0 Å². The molecule has 13 nitrogen and oxygen atoms in total. The zero-order valence-electron chi connectivity index (χ0n) is 83.3. The Morgan fingerprint density at radius 2 is 0.735 bits per heavy atom. The molecule has 0 amide bonds. The number of fused-ring (bicyclic) bond motifs is 8. The fourth-order valence-corrected chi connectivity index (χ4v) is 8.90. The number of hydrogen-bond acceptors (Lipinski definition) is 11. The number of H-pyrrole nitrogens is 1. The molecule has 9 aromatic heterocycles. The van der Waals surface area contributed by atoms with E-state index in [4.69, 9.17) is 0 Å². The maximum atomic E-state index is 4.41. The fraction of sp³-hybridized carbons (Fsp3) is 0.284. The monoisotopic (exact) mass is 4110 g/mol. The van der Waals surface area contributed by atoms with E-state index >= 15 is 0 Å². The molecule has 1 N–H and O–H groups in total. The van der Waals surface area contributed by atoms with Crippen molar-refractivity contribution in [1.29, 1.82) is 0 Å². The van der Waals surface area contributed by atoms with Gasteiger partial charge in [-0.05, 0) is 131 Å². The first-order chi connectivity index (χ1) is 49.4. The first-order valence-corrected chi connectivity index (χ1v) is 35.7. The number of aromatic amines is 1. The molecule has 132 heavy (non-hydrogen) atoms. The van der Waals surface area contributed by atoms with Crippen molar-refractivity contribution >= 4 is 82.7 Å². The zero-order chi connectivity index (χ0) is 75.8. The molecule has 44 heteroatoms. The minimum Gasteiger partial charge on any atom is -0.482 e. The number of para-hydroxylation sites is 3. The van der Waals surface area contributed by atoms with Gasteiger partial charge in [-0.15, -0.1) is 6.92 Å². The van der Waals surface area contributed by atoms with E-state index in [1.54, 1.807) is 6.92 Å². The number of hydrogen-bond donors (Lipinski definition) is 1. The van der Waals surface area contributed by atoms with Crippen LogP contribution in [0, 0.1) is 61.5 Å². The van der Waals surface area contributed by atoms with Crippen LogP contribution in [0.4, 0.5) is 5.69 Å². The molecule has 0 aliphatic heterocycles. The first-order valence-electron chi connectivity index (χ1n) is 35.7. The Labute approximate surface area is 1580 Å². The third-order valence-electron chi connectivity index (χ3n) is 13.0. The van der Waals surface area contributed by atoms with E-state index in [9.17, 15) is 0 Å². The average Bonchev–Trinajstić information content (AvgIpc) is 0.895. The van der Waals surface area contributed by atoms with Crippen molar-refractivity contribution in [1.82, 2.24) is 59.5 Å². The normalized spacial score (nSPS) is 7.04. The van der Waals surface area contributed by atoms with E-state index < -0.39 is 0 Å². The number of aryl methyl sites for hydroxylation is 8. The Morgan fingerprint density at radius 1 is 0.311 bits per heavy atom. The van der Waals surface area contributed by atoms with Crippen LogP contribution in [-0.4, -0.2) is 65.7 Å². The Kier molecular flexibility index (Phi) is 317. The predicted molar refractivity (Wildman–Crippen MR) is 440 cm³/mol. The van der Waals surface area contributed by atoms with Crippen molar-refractivity contribution in [3.05, 3.63) is 289 Å². The van der Waals surface area contributed by atoms with Crippen molar-refractivity contribution in [2.75, 3.05) is 0 Å². The molecular weight excluding hydrogens is 4000 g/mol. The summed E-state index contributed by atoms with van der Waals surface area (Å²) in [6, 6.07) is 63.5. The molecule has 0 atom stereocenters. The largest absolute Gasteiger partial charge is 0.482 e. The number of imidazole rings is 1. The molecule has 0 aliphatic carbocycles. The number of aliphatic imine (C=N–C) groups is 1. The summed E-state index contributed by atoms with van der Waals surface area (Å²) < 4.78 is 2.01. The molecule has 9 heterocycles. The molecule has 15 rings (SSSR count). The zero-order valence-corrected chi connectivity index (χ0v) is 171. The van der Waals surface area contributed by atoms with Crippen molar-refractivity contribution < 1.29 is 1010 Å². The maximum Gasteiger partial charge on any atom is 0.147 e. The molecule has 31 radical (unpaired) electrons. The Hall–Kier alpha value is 23.4. The summed E-state index contributed by atoms with van der Waals surface area (Å²) in [6.45, 7) is 49.7. The van der Waals surface area contributed by atoms with Crippen LogP contribution in [0.25, 0.3) is 70.8 Å². The Morgan fingerprint density at radius 3 is 1.18 bits per heavy atom. The third kappa shape index (κ3) is 111. The van der Waals surface area contributed by atoms with Gasteiger partial charge in [0.05, 0.1) is 27.8 Å². The van der Waals surface area contributed by atoms with Gasteiger partial charge in [0.25, 0.3) is 0 Å². The smallest absolute Gasteiger partial charge is 0.147 e. The number of pyridine rings is 6. The van der Waals surface area contributed by atoms with Crippen LogP contribution in [0.1, 0.15) is 163 Å². The summed E-state index contributed by atoms with van der Waals surface area (Å²) in [4.78, 5) is 41.9. The van der Waals surface area contributed by atoms with Crippen LogP contribution in [-0.2, 0) is 1010 Å². The SMILES string of the molecule is CC.CC.CC.CC.CC.CC.CC.CC.C[C-]=Nc1[c-]cccc1.Cc1cc2cccnc2c2ncccc12.Cc1cccc2cccnc12.Cc1cn2ccccc2n1.Cc1cncc2ccccc12.Cc1n[nH]c(C)n1.Cc1ncc2ccccc2n1.Cc1nccc2ccccc12.[Y].[Y].[Y].[Y].[Y].[Y].[Y].[Y].[Y].[Y].[Y].[Y].[Y].[Y].[Y].[Y].[Y].[Y].[Y].[Y].[Y].[Y].[Y].[Y].[Y].[Y].[Y].[Y].[Y].[Y].[Y]. The van der Waals surface area contributed by atoms with Crippen molar-refractivity contribution in [2.45, 2.75) is 173 Å².